The van der Waals surface area contributed by atoms with Gasteiger partial charge in [-0.2, -0.15) is 0 Å². The molecule has 2 nitrogen and oxygen atoms in total. The standard InChI is InChI=1S/C6H11O2.CH3.Mn/c1-6(7-2)3-4-8-5-6;;/h3H,4-5H2,1-2H3;1H3;/q2*-1;+2/t6-;;/m0../s1. The molecule has 0 spiro atoms. The van der Waals surface area contributed by atoms with Gasteiger partial charge < -0.3 is 16.9 Å². The van der Waals surface area contributed by atoms with Crippen molar-refractivity contribution in [2.45, 2.75) is 12.5 Å². The van der Waals surface area contributed by atoms with Crippen LogP contribution in [0, 0.1) is 13.8 Å². The zero-order chi connectivity index (χ0) is 6.04. The SMILES string of the molecule is CO[C@@]1(C)[CH-]COC1.[CH3-].[Mn+2]. The summed E-state index contributed by atoms with van der Waals surface area (Å²) >= 11 is 0. The van der Waals surface area contributed by atoms with Crippen LogP contribution in [0.5, 0.6) is 0 Å². The first-order valence-electron chi connectivity index (χ1n) is 2.74. The summed E-state index contributed by atoms with van der Waals surface area (Å²) in [4.78, 5) is 0. The molecule has 61 valence electrons. The summed E-state index contributed by atoms with van der Waals surface area (Å²) in [6.45, 7) is 3.44. The van der Waals surface area contributed by atoms with Gasteiger partial charge in [-0.1, -0.05) is 13.5 Å². The third-order valence-electron chi connectivity index (χ3n) is 1.49. The third kappa shape index (κ3) is 3.02. The molecule has 10 heavy (non-hydrogen) atoms. The van der Waals surface area contributed by atoms with Crippen molar-refractivity contribution in [1.29, 1.82) is 0 Å². The predicted molar refractivity (Wildman–Crippen MR) is 36.9 cm³/mol. The van der Waals surface area contributed by atoms with Crippen LogP contribution in [0.1, 0.15) is 6.92 Å². The second-order valence-electron chi connectivity index (χ2n) is 2.24. The Morgan fingerprint density at radius 1 is 1.60 bits per heavy atom. The van der Waals surface area contributed by atoms with Gasteiger partial charge in [0.05, 0.1) is 0 Å². The molecule has 0 N–H and O–H groups in total. The summed E-state index contributed by atoms with van der Waals surface area (Å²) in [5.41, 5.74) is -0.111. The Kier molecular flexibility index (Phi) is 6.71. The molecular weight excluding hydrogens is 171 g/mol. The maximum absolute atomic E-state index is 5.12. The van der Waals surface area contributed by atoms with Gasteiger partial charge in [0.1, 0.15) is 0 Å². The minimum Gasteiger partial charge on any atom is -0.413 e. The van der Waals surface area contributed by atoms with E-state index in [1.807, 2.05) is 13.3 Å². The van der Waals surface area contributed by atoms with Gasteiger partial charge in [-0.25, -0.2) is 0 Å². The second-order valence-corrected chi connectivity index (χ2v) is 2.24. The summed E-state index contributed by atoms with van der Waals surface area (Å²) in [5.74, 6) is 0. The molecule has 1 atom stereocenters. The molecule has 1 rings (SSSR count). The fraction of sp³-hybridized carbons (Fsp3) is 0.714. The first-order valence-corrected chi connectivity index (χ1v) is 2.74. The minimum absolute atomic E-state index is 0. The van der Waals surface area contributed by atoms with Gasteiger partial charge in [0.15, 0.2) is 0 Å². The largest absolute Gasteiger partial charge is 2.00 e. The zero-order valence-corrected chi connectivity index (χ0v) is 7.87. The minimum atomic E-state index is -0.111. The van der Waals surface area contributed by atoms with Crippen molar-refractivity contribution in [2.75, 3.05) is 20.3 Å². The van der Waals surface area contributed by atoms with Crippen molar-refractivity contribution >= 4 is 0 Å². The Bertz CT molecular complexity index is 79.7. The van der Waals surface area contributed by atoms with E-state index in [0.717, 1.165) is 6.61 Å². The van der Waals surface area contributed by atoms with Crippen molar-refractivity contribution in [1.82, 2.24) is 0 Å². The summed E-state index contributed by atoms with van der Waals surface area (Å²) < 4.78 is 10.2. The maximum Gasteiger partial charge on any atom is 2.00 e. The molecule has 0 aromatic heterocycles. The molecule has 0 unspecified atom stereocenters. The monoisotopic (exact) mass is 185 g/mol. The van der Waals surface area contributed by atoms with Crippen molar-refractivity contribution in [2.24, 2.45) is 0 Å². The van der Waals surface area contributed by atoms with E-state index in [1.54, 1.807) is 7.11 Å². The first kappa shape index (κ1) is 13.1. The molecule has 1 aliphatic heterocycles. The number of ether oxygens (including phenoxy) is 2. The van der Waals surface area contributed by atoms with E-state index in [9.17, 15) is 0 Å². The molecule has 1 aliphatic rings. The van der Waals surface area contributed by atoms with Gasteiger partial charge in [0.25, 0.3) is 0 Å². The Balaban J connectivity index is 0. The summed E-state index contributed by atoms with van der Waals surface area (Å²) in [6, 6.07) is 0. The molecular formula is C7H14MnO2. The van der Waals surface area contributed by atoms with Gasteiger partial charge in [0, 0.05) is 13.7 Å². The zero-order valence-electron chi connectivity index (χ0n) is 6.69. The summed E-state index contributed by atoms with van der Waals surface area (Å²) in [5, 5.41) is 0. The number of hydrogen-bond donors (Lipinski definition) is 0. The smallest absolute Gasteiger partial charge is 0.413 e. The average molecular weight is 185 g/mol. The van der Waals surface area contributed by atoms with E-state index >= 15 is 0 Å². The Morgan fingerprint density at radius 3 is 2.40 bits per heavy atom. The van der Waals surface area contributed by atoms with Crippen LogP contribution in [-0.2, 0) is 26.5 Å². The fourth-order valence-corrected chi connectivity index (χ4v) is 0.698. The molecule has 0 aliphatic carbocycles. The van der Waals surface area contributed by atoms with Crippen LogP contribution in [0.4, 0.5) is 0 Å². The van der Waals surface area contributed by atoms with Crippen LogP contribution in [-0.4, -0.2) is 25.9 Å². The normalized spacial score (nSPS) is 30.6. The van der Waals surface area contributed by atoms with E-state index < -0.39 is 0 Å². The molecule has 1 heterocycles. The number of hydrogen-bond acceptors (Lipinski definition) is 2. The van der Waals surface area contributed by atoms with Crippen molar-refractivity contribution in [3.8, 4) is 0 Å². The molecule has 0 saturated carbocycles. The van der Waals surface area contributed by atoms with Gasteiger partial charge in [-0.3, -0.25) is 6.42 Å². The average Bonchev–Trinajstić information content (AvgIpc) is 2.17. The molecule has 3 heteroatoms. The van der Waals surface area contributed by atoms with Gasteiger partial charge in [-0.15, -0.1) is 0 Å². The third-order valence-corrected chi connectivity index (χ3v) is 1.49. The van der Waals surface area contributed by atoms with E-state index in [2.05, 4.69) is 0 Å². The van der Waals surface area contributed by atoms with Crippen LogP contribution < -0.4 is 0 Å². The molecule has 0 aromatic carbocycles. The molecule has 0 amide bonds. The molecule has 1 radical (unpaired) electrons. The fourth-order valence-electron chi connectivity index (χ4n) is 0.698. The maximum atomic E-state index is 5.12. The van der Waals surface area contributed by atoms with Crippen LogP contribution >= 0.6 is 0 Å². The van der Waals surface area contributed by atoms with Gasteiger partial charge >= 0.3 is 17.1 Å². The molecule has 1 saturated heterocycles. The van der Waals surface area contributed by atoms with Crippen LogP contribution in [0.3, 0.4) is 0 Å². The quantitative estimate of drug-likeness (QED) is 0.449. The Hall–Kier alpha value is 0.439. The number of rotatable bonds is 1. The summed E-state index contributed by atoms with van der Waals surface area (Å²) in [7, 11) is 1.70. The first-order chi connectivity index (χ1) is 3.77. The predicted octanol–water partition coefficient (Wildman–Crippen LogP) is 1.07. The van der Waals surface area contributed by atoms with Crippen LogP contribution in [0.25, 0.3) is 0 Å². The molecule has 0 bridgehead atoms. The van der Waals surface area contributed by atoms with Crippen LogP contribution in [0.2, 0.25) is 0 Å². The topological polar surface area (TPSA) is 18.5 Å². The summed E-state index contributed by atoms with van der Waals surface area (Å²) in [6.07, 6.45) is 2.03. The van der Waals surface area contributed by atoms with Crippen molar-refractivity contribution in [3.63, 3.8) is 0 Å². The van der Waals surface area contributed by atoms with E-state index in [1.165, 1.54) is 0 Å². The Labute approximate surface area is 73.8 Å². The van der Waals surface area contributed by atoms with E-state index in [-0.39, 0.29) is 30.1 Å². The van der Waals surface area contributed by atoms with E-state index in [4.69, 9.17) is 9.47 Å². The molecule has 1 fully saturated rings. The van der Waals surface area contributed by atoms with Crippen molar-refractivity contribution in [3.05, 3.63) is 13.8 Å². The van der Waals surface area contributed by atoms with Gasteiger partial charge in [-0.05, 0) is 5.60 Å². The second kappa shape index (κ2) is 5.14. The van der Waals surface area contributed by atoms with Gasteiger partial charge in [0.2, 0.25) is 0 Å². The van der Waals surface area contributed by atoms with E-state index in [0.29, 0.717) is 6.61 Å². The van der Waals surface area contributed by atoms with Crippen LogP contribution in [0.15, 0.2) is 0 Å². The molecule has 0 aromatic rings. The van der Waals surface area contributed by atoms with Crippen molar-refractivity contribution < 1.29 is 26.5 Å². The Morgan fingerprint density at radius 2 is 2.20 bits per heavy atom. The number of methoxy groups -OCH3 is 1.